The molecule has 0 fully saturated rings. The lowest BCUT2D eigenvalue weighted by Crippen LogP contribution is -2.11. The highest BCUT2D eigenvalue weighted by Crippen LogP contribution is 2.38. The number of hydrogen-bond acceptors (Lipinski definition) is 1. The van der Waals surface area contributed by atoms with Crippen LogP contribution < -0.4 is 0 Å². The zero-order chi connectivity index (χ0) is 13.4. The van der Waals surface area contributed by atoms with Gasteiger partial charge in [-0.05, 0) is 53.6 Å². The third-order valence-corrected chi connectivity index (χ3v) is 4.16. The van der Waals surface area contributed by atoms with E-state index in [-0.39, 0.29) is 11.7 Å². The zero-order valence-corrected chi connectivity index (χ0v) is 11.1. The number of hydrogen-bond donors (Lipinski definition) is 1. The molecule has 0 spiro atoms. The fourth-order valence-electron chi connectivity index (χ4n) is 2.82. The molecule has 1 aliphatic rings. The minimum atomic E-state index is -0.490. The molecule has 2 aromatic carbocycles. The number of fused-ring (bicyclic) bond motifs is 1. The largest absolute Gasteiger partial charge is 0.388 e. The van der Waals surface area contributed by atoms with Crippen molar-refractivity contribution in [2.24, 2.45) is 5.92 Å². The van der Waals surface area contributed by atoms with E-state index in [2.05, 4.69) is 0 Å². The molecule has 1 aliphatic carbocycles. The number of aliphatic hydroxyl groups is 1. The van der Waals surface area contributed by atoms with Crippen LogP contribution in [0.5, 0.6) is 0 Å². The molecule has 2 unspecified atom stereocenters. The van der Waals surface area contributed by atoms with Gasteiger partial charge in [0.05, 0.1) is 6.10 Å². The number of benzene rings is 2. The Morgan fingerprint density at radius 1 is 1.21 bits per heavy atom. The van der Waals surface area contributed by atoms with Crippen LogP contribution in [0.15, 0.2) is 42.5 Å². The van der Waals surface area contributed by atoms with Crippen LogP contribution in [0.25, 0.3) is 0 Å². The summed E-state index contributed by atoms with van der Waals surface area (Å²) >= 11 is 6.09. The van der Waals surface area contributed by atoms with E-state index in [4.69, 9.17) is 11.6 Å². The van der Waals surface area contributed by atoms with Gasteiger partial charge in [0.25, 0.3) is 0 Å². The molecule has 3 heteroatoms. The molecule has 0 amide bonds. The topological polar surface area (TPSA) is 20.2 Å². The summed E-state index contributed by atoms with van der Waals surface area (Å²) in [5.74, 6) is -0.221. The Kier molecular flexibility index (Phi) is 3.29. The van der Waals surface area contributed by atoms with Crippen LogP contribution in [-0.2, 0) is 12.8 Å². The van der Waals surface area contributed by atoms with Crippen molar-refractivity contribution in [3.63, 3.8) is 0 Å². The molecule has 3 rings (SSSR count). The summed E-state index contributed by atoms with van der Waals surface area (Å²) in [6.07, 6.45) is 0.909. The first-order valence-electron chi connectivity index (χ1n) is 6.35. The Balaban J connectivity index is 1.85. The van der Waals surface area contributed by atoms with E-state index in [1.54, 1.807) is 6.07 Å². The number of halogens is 2. The average molecular weight is 277 g/mol. The predicted octanol–water partition coefficient (Wildman–Crippen LogP) is 3.93. The van der Waals surface area contributed by atoms with Crippen LogP contribution in [0, 0.1) is 11.7 Å². The maximum absolute atomic E-state index is 13.3. The van der Waals surface area contributed by atoms with Crippen LogP contribution in [0.1, 0.15) is 22.8 Å². The van der Waals surface area contributed by atoms with E-state index >= 15 is 0 Å². The molecule has 1 N–H and O–H groups in total. The third kappa shape index (κ3) is 2.38. The van der Waals surface area contributed by atoms with Crippen LogP contribution in [0.4, 0.5) is 4.39 Å². The molecule has 2 aromatic rings. The normalized spacial score (nSPS) is 21.4. The van der Waals surface area contributed by atoms with Crippen molar-refractivity contribution in [1.82, 2.24) is 0 Å². The van der Waals surface area contributed by atoms with Crippen molar-refractivity contribution >= 4 is 11.6 Å². The zero-order valence-electron chi connectivity index (χ0n) is 10.3. The van der Waals surface area contributed by atoms with E-state index in [0.717, 1.165) is 17.5 Å². The Morgan fingerprint density at radius 3 is 2.79 bits per heavy atom. The van der Waals surface area contributed by atoms with Crippen molar-refractivity contribution in [2.45, 2.75) is 18.9 Å². The molecule has 1 nitrogen and oxygen atoms in total. The summed E-state index contributed by atoms with van der Waals surface area (Å²) in [7, 11) is 0. The molecular weight excluding hydrogens is 263 g/mol. The quantitative estimate of drug-likeness (QED) is 0.881. The molecule has 0 aromatic heterocycles. The molecule has 0 bridgehead atoms. The lowest BCUT2D eigenvalue weighted by atomic mass is 9.94. The second-order valence-electron chi connectivity index (χ2n) is 5.05. The van der Waals surface area contributed by atoms with Gasteiger partial charge in [-0.15, -0.1) is 0 Å². The highest BCUT2D eigenvalue weighted by atomic mass is 35.5. The number of rotatable bonds is 2. The highest BCUT2D eigenvalue weighted by Gasteiger charge is 2.30. The standard InChI is InChI=1S/C16H14ClFO/c17-15-6-5-13(18)9-11(15)8-12-7-10-3-1-2-4-14(10)16(12)19/h1-6,9,12,16,19H,7-8H2. The summed E-state index contributed by atoms with van der Waals surface area (Å²) in [5, 5.41) is 10.9. The Morgan fingerprint density at radius 2 is 2.00 bits per heavy atom. The highest BCUT2D eigenvalue weighted by molar-refractivity contribution is 6.31. The molecule has 0 saturated heterocycles. The van der Waals surface area contributed by atoms with Crippen molar-refractivity contribution in [3.05, 3.63) is 70.0 Å². The van der Waals surface area contributed by atoms with Gasteiger partial charge in [0.15, 0.2) is 0 Å². The smallest absolute Gasteiger partial charge is 0.123 e. The van der Waals surface area contributed by atoms with Crippen LogP contribution >= 0.6 is 11.6 Å². The molecule has 0 aliphatic heterocycles. The van der Waals surface area contributed by atoms with Gasteiger partial charge in [-0.2, -0.15) is 0 Å². The Labute approximate surface area is 116 Å². The van der Waals surface area contributed by atoms with E-state index in [1.807, 2.05) is 24.3 Å². The van der Waals surface area contributed by atoms with Crippen molar-refractivity contribution in [1.29, 1.82) is 0 Å². The maximum atomic E-state index is 13.3. The van der Waals surface area contributed by atoms with Gasteiger partial charge in [0.2, 0.25) is 0 Å². The van der Waals surface area contributed by atoms with Gasteiger partial charge in [-0.25, -0.2) is 4.39 Å². The molecule has 0 heterocycles. The maximum Gasteiger partial charge on any atom is 0.123 e. The van der Waals surface area contributed by atoms with Crippen molar-refractivity contribution in [3.8, 4) is 0 Å². The van der Waals surface area contributed by atoms with Gasteiger partial charge in [0, 0.05) is 5.02 Å². The summed E-state index contributed by atoms with van der Waals surface area (Å²) in [6, 6.07) is 12.3. The van der Waals surface area contributed by atoms with Crippen molar-refractivity contribution < 1.29 is 9.50 Å². The van der Waals surface area contributed by atoms with Crippen LogP contribution in [0.2, 0.25) is 5.02 Å². The lowest BCUT2D eigenvalue weighted by Gasteiger charge is -2.16. The first kappa shape index (κ1) is 12.6. The summed E-state index contributed by atoms with van der Waals surface area (Å²) in [4.78, 5) is 0. The van der Waals surface area contributed by atoms with E-state index in [9.17, 15) is 9.50 Å². The van der Waals surface area contributed by atoms with Gasteiger partial charge >= 0.3 is 0 Å². The predicted molar refractivity (Wildman–Crippen MR) is 73.7 cm³/mol. The molecule has 19 heavy (non-hydrogen) atoms. The minimum Gasteiger partial charge on any atom is -0.388 e. The first-order chi connectivity index (χ1) is 9.15. The van der Waals surface area contributed by atoms with E-state index in [0.29, 0.717) is 11.4 Å². The van der Waals surface area contributed by atoms with Gasteiger partial charge in [-0.1, -0.05) is 35.9 Å². The lowest BCUT2D eigenvalue weighted by molar-refractivity contribution is 0.123. The van der Waals surface area contributed by atoms with Crippen LogP contribution in [-0.4, -0.2) is 5.11 Å². The van der Waals surface area contributed by atoms with Gasteiger partial charge in [0.1, 0.15) is 5.82 Å². The van der Waals surface area contributed by atoms with Gasteiger partial charge < -0.3 is 5.11 Å². The molecule has 0 saturated carbocycles. The summed E-state index contributed by atoms with van der Waals surface area (Å²) in [6.45, 7) is 0. The fourth-order valence-corrected chi connectivity index (χ4v) is 3.02. The van der Waals surface area contributed by atoms with Crippen molar-refractivity contribution in [2.75, 3.05) is 0 Å². The molecular formula is C16H14ClFO. The minimum absolute atomic E-state index is 0.0664. The van der Waals surface area contributed by atoms with Gasteiger partial charge in [-0.3, -0.25) is 0 Å². The summed E-state index contributed by atoms with van der Waals surface area (Å²) in [5.41, 5.74) is 2.92. The number of aliphatic hydroxyl groups excluding tert-OH is 1. The van der Waals surface area contributed by atoms with Crippen LogP contribution in [0.3, 0.4) is 0 Å². The molecule has 98 valence electrons. The average Bonchev–Trinajstić information content (AvgIpc) is 2.72. The SMILES string of the molecule is OC1c2ccccc2CC1Cc1cc(F)ccc1Cl. The van der Waals surface area contributed by atoms with E-state index in [1.165, 1.54) is 17.7 Å². The monoisotopic (exact) mass is 276 g/mol. The first-order valence-corrected chi connectivity index (χ1v) is 6.73. The second-order valence-corrected chi connectivity index (χ2v) is 5.45. The molecule has 2 atom stereocenters. The Hall–Kier alpha value is -1.38. The summed E-state index contributed by atoms with van der Waals surface area (Å²) < 4.78 is 13.3. The second kappa shape index (κ2) is 4.95. The fraction of sp³-hybridized carbons (Fsp3) is 0.250. The Bertz CT molecular complexity index is 611. The van der Waals surface area contributed by atoms with E-state index < -0.39 is 6.10 Å². The molecule has 0 radical (unpaired) electrons. The third-order valence-electron chi connectivity index (χ3n) is 3.79.